The van der Waals surface area contributed by atoms with Gasteiger partial charge in [0.1, 0.15) is 12.1 Å². The summed E-state index contributed by atoms with van der Waals surface area (Å²) >= 11 is 0. The van der Waals surface area contributed by atoms with Gasteiger partial charge in [0.2, 0.25) is 0 Å². The third kappa shape index (κ3) is 1.79. The van der Waals surface area contributed by atoms with E-state index >= 15 is 0 Å². The molecule has 0 spiro atoms. The Morgan fingerprint density at radius 1 is 1.56 bits per heavy atom. The van der Waals surface area contributed by atoms with Crippen LogP contribution in [0, 0.1) is 0 Å². The van der Waals surface area contributed by atoms with Crippen LogP contribution in [-0.4, -0.2) is 39.4 Å². The third-order valence-electron chi connectivity index (χ3n) is 2.81. The molecule has 0 saturated carbocycles. The molecule has 1 aromatic rings. The fourth-order valence-electron chi connectivity index (χ4n) is 1.83. The van der Waals surface area contributed by atoms with Gasteiger partial charge in [0.25, 0.3) is 5.91 Å². The van der Waals surface area contributed by atoms with E-state index in [2.05, 4.69) is 10.3 Å². The first kappa shape index (κ1) is 12.0. The molecule has 2 heterocycles. The lowest BCUT2D eigenvalue weighted by molar-refractivity contribution is -0.142. The Bertz CT molecular complexity index is 516. The van der Waals surface area contributed by atoms with Crippen LogP contribution in [0.2, 0.25) is 0 Å². The molecular weight excluding hydrogens is 238 g/mol. The SMILES string of the molecule is CC1(c2cccnc2)NC(=O)N(CC(=O)O)C1=O. The van der Waals surface area contributed by atoms with Crippen molar-refractivity contribution < 1.29 is 19.5 Å². The van der Waals surface area contributed by atoms with Crippen LogP contribution in [0.3, 0.4) is 0 Å². The van der Waals surface area contributed by atoms with Gasteiger partial charge in [-0.15, -0.1) is 0 Å². The van der Waals surface area contributed by atoms with E-state index in [-0.39, 0.29) is 0 Å². The Labute approximate surface area is 102 Å². The molecule has 0 aromatic carbocycles. The van der Waals surface area contributed by atoms with Crippen LogP contribution in [0.5, 0.6) is 0 Å². The van der Waals surface area contributed by atoms with Crippen molar-refractivity contribution in [3.63, 3.8) is 0 Å². The monoisotopic (exact) mass is 249 g/mol. The summed E-state index contributed by atoms with van der Waals surface area (Å²) in [7, 11) is 0. The molecular formula is C11H11N3O4. The summed E-state index contributed by atoms with van der Waals surface area (Å²) in [5, 5.41) is 11.1. The number of aromatic nitrogens is 1. The van der Waals surface area contributed by atoms with Crippen molar-refractivity contribution in [2.24, 2.45) is 0 Å². The second kappa shape index (κ2) is 4.10. The standard InChI is InChI=1S/C11H11N3O4/c1-11(7-3-2-4-12-5-7)9(17)14(6-8(15)16)10(18)13-11/h2-5H,6H2,1H3,(H,13,18)(H,15,16). The molecule has 1 aliphatic rings. The molecule has 0 aliphatic carbocycles. The van der Waals surface area contributed by atoms with Crippen LogP contribution < -0.4 is 5.32 Å². The summed E-state index contributed by atoms with van der Waals surface area (Å²) < 4.78 is 0. The predicted molar refractivity (Wildman–Crippen MR) is 59.5 cm³/mol. The number of hydrogen-bond acceptors (Lipinski definition) is 4. The zero-order valence-electron chi connectivity index (χ0n) is 9.58. The molecule has 2 N–H and O–H groups in total. The second-order valence-electron chi connectivity index (χ2n) is 4.08. The van der Waals surface area contributed by atoms with Gasteiger partial charge in [-0.1, -0.05) is 6.07 Å². The van der Waals surface area contributed by atoms with Crippen LogP contribution in [0.15, 0.2) is 24.5 Å². The number of imide groups is 1. The summed E-state index contributed by atoms with van der Waals surface area (Å²) in [5.41, 5.74) is -0.753. The first-order chi connectivity index (χ1) is 8.45. The maximum Gasteiger partial charge on any atom is 0.325 e. The number of urea groups is 1. The van der Waals surface area contributed by atoms with Crippen molar-refractivity contribution in [2.45, 2.75) is 12.5 Å². The number of rotatable bonds is 3. The highest BCUT2D eigenvalue weighted by Gasteiger charge is 2.49. The minimum absolute atomic E-state index is 0.510. The number of aliphatic carboxylic acids is 1. The summed E-state index contributed by atoms with van der Waals surface area (Å²) in [4.78, 5) is 38.9. The van der Waals surface area contributed by atoms with Gasteiger partial charge in [-0.25, -0.2) is 4.79 Å². The Morgan fingerprint density at radius 3 is 2.83 bits per heavy atom. The van der Waals surface area contributed by atoms with Gasteiger partial charge in [-0.2, -0.15) is 0 Å². The molecule has 0 bridgehead atoms. The van der Waals surface area contributed by atoms with Crippen LogP contribution >= 0.6 is 0 Å². The average Bonchev–Trinajstić information content (AvgIpc) is 2.55. The van der Waals surface area contributed by atoms with Gasteiger partial charge >= 0.3 is 12.0 Å². The molecule has 18 heavy (non-hydrogen) atoms. The van der Waals surface area contributed by atoms with E-state index in [4.69, 9.17) is 5.11 Å². The van der Waals surface area contributed by atoms with Crippen molar-refractivity contribution in [1.82, 2.24) is 15.2 Å². The Hall–Kier alpha value is -2.44. The quantitative estimate of drug-likeness (QED) is 0.730. The molecule has 1 atom stereocenters. The molecule has 1 aromatic heterocycles. The molecule has 2 rings (SSSR count). The Morgan fingerprint density at radius 2 is 2.28 bits per heavy atom. The zero-order valence-corrected chi connectivity index (χ0v) is 9.58. The highest BCUT2D eigenvalue weighted by atomic mass is 16.4. The van der Waals surface area contributed by atoms with Gasteiger partial charge in [0.15, 0.2) is 0 Å². The molecule has 1 aliphatic heterocycles. The first-order valence-corrected chi connectivity index (χ1v) is 5.21. The van der Waals surface area contributed by atoms with Gasteiger partial charge in [-0.3, -0.25) is 19.5 Å². The smallest absolute Gasteiger partial charge is 0.325 e. The lowest BCUT2D eigenvalue weighted by Gasteiger charge is -2.21. The summed E-state index contributed by atoms with van der Waals surface area (Å²) in [6.07, 6.45) is 3.01. The van der Waals surface area contributed by atoms with Gasteiger partial charge in [-0.05, 0) is 13.0 Å². The number of carbonyl (C=O) groups is 3. The average molecular weight is 249 g/mol. The minimum Gasteiger partial charge on any atom is -0.480 e. The van der Waals surface area contributed by atoms with Crippen molar-refractivity contribution >= 4 is 17.9 Å². The maximum atomic E-state index is 12.1. The van der Waals surface area contributed by atoms with E-state index in [1.807, 2.05) is 0 Å². The largest absolute Gasteiger partial charge is 0.480 e. The second-order valence-corrected chi connectivity index (χ2v) is 4.08. The molecule has 3 amide bonds. The van der Waals surface area contributed by atoms with Gasteiger partial charge in [0.05, 0.1) is 0 Å². The Kier molecular flexibility index (Phi) is 2.74. The van der Waals surface area contributed by atoms with Gasteiger partial charge < -0.3 is 10.4 Å². The number of pyridine rings is 1. The number of nitrogens with one attached hydrogen (secondary N) is 1. The molecule has 0 radical (unpaired) electrons. The first-order valence-electron chi connectivity index (χ1n) is 5.21. The number of carbonyl (C=O) groups excluding carboxylic acids is 2. The number of amides is 3. The van der Waals surface area contributed by atoms with Crippen LogP contribution in [0.1, 0.15) is 12.5 Å². The molecule has 1 unspecified atom stereocenters. The van der Waals surface area contributed by atoms with Crippen molar-refractivity contribution in [3.8, 4) is 0 Å². The summed E-state index contributed by atoms with van der Waals surface area (Å²) in [6, 6.07) is 2.57. The lowest BCUT2D eigenvalue weighted by atomic mass is 9.94. The topological polar surface area (TPSA) is 99.6 Å². The molecule has 7 heteroatoms. The fraction of sp³-hybridized carbons (Fsp3) is 0.273. The minimum atomic E-state index is -1.26. The molecule has 94 valence electrons. The number of carboxylic acids is 1. The van der Waals surface area contributed by atoms with Crippen molar-refractivity contribution in [2.75, 3.05) is 6.54 Å². The maximum absolute atomic E-state index is 12.1. The van der Waals surface area contributed by atoms with Crippen molar-refractivity contribution in [3.05, 3.63) is 30.1 Å². The van der Waals surface area contributed by atoms with E-state index in [0.29, 0.717) is 10.5 Å². The fourth-order valence-corrected chi connectivity index (χ4v) is 1.83. The van der Waals surface area contributed by atoms with Crippen LogP contribution in [0.25, 0.3) is 0 Å². The van der Waals surface area contributed by atoms with Gasteiger partial charge in [0, 0.05) is 18.0 Å². The van der Waals surface area contributed by atoms with Crippen LogP contribution in [0.4, 0.5) is 4.79 Å². The van der Waals surface area contributed by atoms with E-state index in [1.54, 1.807) is 18.3 Å². The highest BCUT2D eigenvalue weighted by molar-refractivity contribution is 6.08. The molecule has 1 fully saturated rings. The number of nitrogens with zero attached hydrogens (tertiary/aromatic N) is 2. The Balaban J connectivity index is 2.35. The predicted octanol–water partition coefficient (Wildman–Crippen LogP) is -0.0668. The molecule has 7 nitrogen and oxygen atoms in total. The van der Waals surface area contributed by atoms with E-state index in [1.165, 1.54) is 13.1 Å². The molecule has 1 saturated heterocycles. The van der Waals surface area contributed by atoms with E-state index in [0.717, 1.165) is 0 Å². The zero-order chi connectivity index (χ0) is 13.3. The normalized spacial score (nSPS) is 23.1. The summed E-state index contributed by atoms with van der Waals surface area (Å²) in [6.45, 7) is 0.868. The number of hydrogen-bond donors (Lipinski definition) is 2. The van der Waals surface area contributed by atoms with E-state index < -0.39 is 30.0 Å². The summed E-state index contributed by atoms with van der Waals surface area (Å²) in [5.74, 6) is -1.84. The van der Waals surface area contributed by atoms with Crippen molar-refractivity contribution in [1.29, 1.82) is 0 Å². The lowest BCUT2D eigenvalue weighted by Crippen LogP contribution is -2.41. The van der Waals surface area contributed by atoms with E-state index in [9.17, 15) is 14.4 Å². The highest BCUT2D eigenvalue weighted by Crippen LogP contribution is 2.27. The van der Waals surface area contributed by atoms with Crippen LogP contribution in [-0.2, 0) is 15.1 Å². The third-order valence-corrected chi connectivity index (χ3v) is 2.81. The number of carboxylic acid groups (broad SMARTS) is 1.